The Morgan fingerprint density at radius 2 is 1.75 bits per heavy atom. The summed E-state index contributed by atoms with van der Waals surface area (Å²) < 4.78 is 63.3. The SMILES string of the molecule is C.C[C@@H](Nc1ncc(C(=O)N2CCS(=O)(=O)CC2)c(C(F)(F)F)n1)C(C)(C)C. The number of nitrogens with one attached hydrogen (secondary N) is 1. The van der Waals surface area contributed by atoms with Crippen LogP contribution in [0.15, 0.2) is 6.20 Å². The summed E-state index contributed by atoms with van der Waals surface area (Å²) in [7, 11) is -3.26. The Morgan fingerprint density at radius 3 is 2.21 bits per heavy atom. The first kappa shape index (κ1) is 24.1. The molecule has 28 heavy (non-hydrogen) atoms. The molecule has 0 radical (unpaired) electrons. The maximum atomic E-state index is 13.5. The van der Waals surface area contributed by atoms with Crippen LogP contribution in [0.1, 0.15) is 51.2 Å². The highest BCUT2D eigenvalue weighted by molar-refractivity contribution is 7.91. The molecule has 0 bridgehead atoms. The van der Waals surface area contributed by atoms with Crippen molar-refractivity contribution in [2.45, 2.75) is 47.3 Å². The summed E-state index contributed by atoms with van der Waals surface area (Å²) in [5.74, 6) is -1.69. The van der Waals surface area contributed by atoms with Gasteiger partial charge in [-0.05, 0) is 12.3 Å². The van der Waals surface area contributed by atoms with Gasteiger partial charge in [0.1, 0.15) is 0 Å². The lowest BCUT2D eigenvalue weighted by Gasteiger charge is -2.29. The summed E-state index contributed by atoms with van der Waals surface area (Å²) in [6.45, 7) is 7.23. The molecule has 11 heteroatoms. The first-order valence-electron chi connectivity index (χ1n) is 8.41. The number of nitrogens with zero attached hydrogens (tertiary/aromatic N) is 3. The average molecular weight is 424 g/mol. The monoisotopic (exact) mass is 424 g/mol. The lowest BCUT2D eigenvalue weighted by Crippen LogP contribution is -2.44. The van der Waals surface area contributed by atoms with Crippen LogP contribution in [0.5, 0.6) is 0 Å². The molecular formula is C17H27F3N4O3S. The zero-order chi connectivity index (χ0) is 20.6. The Labute approximate surface area is 163 Å². The summed E-state index contributed by atoms with van der Waals surface area (Å²) in [5, 5.41) is 2.82. The van der Waals surface area contributed by atoms with Gasteiger partial charge in [-0.2, -0.15) is 13.2 Å². The highest BCUT2D eigenvalue weighted by Crippen LogP contribution is 2.32. The van der Waals surface area contributed by atoms with E-state index >= 15 is 0 Å². The Bertz CT molecular complexity index is 806. The molecule has 0 saturated carbocycles. The molecule has 7 nitrogen and oxygen atoms in total. The van der Waals surface area contributed by atoms with E-state index in [1.165, 1.54) is 0 Å². The molecule has 1 amide bonds. The average Bonchev–Trinajstić information content (AvgIpc) is 2.52. The van der Waals surface area contributed by atoms with Crippen LogP contribution in [0.25, 0.3) is 0 Å². The molecule has 1 saturated heterocycles. The maximum Gasteiger partial charge on any atom is 0.434 e. The minimum atomic E-state index is -4.85. The molecule has 0 aliphatic carbocycles. The molecule has 1 N–H and O–H groups in total. The van der Waals surface area contributed by atoms with Crippen LogP contribution < -0.4 is 5.32 Å². The highest BCUT2D eigenvalue weighted by atomic mass is 32.2. The third-order valence-electron chi connectivity index (χ3n) is 4.56. The second kappa shape index (κ2) is 8.22. The molecule has 1 aliphatic rings. The van der Waals surface area contributed by atoms with E-state index in [-0.39, 0.29) is 49.4 Å². The van der Waals surface area contributed by atoms with Gasteiger partial charge in [0.15, 0.2) is 15.5 Å². The highest BCUT2D eigenvalue weighted by Gasteiger charge is 2.40. The topological polar surface area (TPSA) is 92.3 Å². The van der Waals surface area contributed by atoms with E-state index in [0.29, 0.717) is 0 Å². The molecule has 1 aromatic rings. The van der Waals surface area contributed by atoms with Crippen molar-refractivity contribution in [3.05, 3.63) is 17.5 Å². The molecule has 1 aromatic heterocycles. The smallest absolute Gasteiger partial charge is 0.351 e. The Morgan fingerprint density at radius 1 is 1.21 bits per heavy atom. The van der Waals surface area contributed by atoms with Gasteiger partial charge in [-0.15, -0.1) is 0 Å². The largest absolute Gasteiger partial charge is 0.434 e. The third-order valence-corrected chi connectivity index (χ3v) is 6.17. The van der Waals surface area contributed by atoms with E-state index in [4.69, 9.17) is 0 Å². The van der Waals surface area contributed by atoms with Crippen molar-refractivity contribution in [3.8, 4) is 0 Å². The number of sulfone groups is 1. The van der Waals surface area contributed by atoms with Gasteiger partial charge in [0.2, 0.25) is 5.95 Å². The number of hydrogen-bond donors (Lipinski definition) is 1. The number of carbonyl (C=O) groups excluding carboxylic acids is 1. The quantitative estimate of drug-likeness (QED) is 0.802. The summed E-state index contributed by atoms with van der Waals surface area (Å²) in [6.07, 6.45) is -4.00. The molecule has 2 rings (SSSR count). The van der Waals surface area contributed by atoms with Crippen LogP contribution in [0.4, 0.5) is 19.1 Å². The maximum absolute atomic E-state index is 13.5. The second-order valence-electron chi connectivity index (χ2n) is 7.63. The molecular weight excluding hydrogens is 397 g/mol. The van der Waals surface area contributed by atoms with Crippen molar-refractivity contribution < 1.29 is 26.4 Å². The lowest BCUT2D eigenvalue weighted by atomic mass is 9.88. The van der Waals surface area contributed by atoms with Crippen LogP contribution in [-0.2, 0) is 16.0 Å². The fourth-order valence-electron chi connectivity index (χ4n) is 2.32. The van der Waals surface area contributed by atoms with E-state index in [1.54, 1.807) is 6.92 Å². The van der Waals surface area contributed by atoms with E-state index in [2.05, 4.69) is 15.3 Å². The zero-order valence-corrected chi connectivity index (χ0v) is 16.4. The molecule has 0 unspecified atom stereocenters. The summed E-state index contributed by atoms with van der Waals surface area (Å²) in [4.78, 5) is 21.0. The van der Waals surface area contributed by atoms with E-state index in [0.717, 1.165) is 11.1 Å². The van der Waals surface area contributed by atoms with Gasteiger partial charge in [0.25, 0.3) is 5.91 Å². The van der Waals surface area contributed by atoms with Crippen molar-refractivity contribution >= 4 is 21.7 Å². The fourth-order valence-corrected chi connectivity index (χ4v) is 3.52. The van der Waals surface area contributed by atoms with Crippen LogP contribution in [0.2, 0.25) is 0 Å². The van der Waals surface area contributed by atoms with Gasteiger partial charge in [0, 0.05) is 25.3 Å². The van der Waals surface area contributed by atoms with Crippen molar-refractivity contribution in [2.24, 2.45) is 5.41 Å². The van der Waals surface area contributed by atoms with Crippen molar-refractivity contribution in [1.82, 2.24) is 14.9 Å². The van der Waals surface area contributed by atoms with Crippen molar-refractivity contribution in [3.63, 3.8) is 0 Å². The number of aromatic nitrogens is 2. The normalized spacial score (nSPS) is 18.2. The lowest BCUT2D eigenvalue weighted by molar-refractivity contribution is -0.141. The van der Waals surface area contributed by atoms with Crippen LogP contribution in [-0.4, -0.2) is 59.8 Å². The first-order valence-corrected chi connectivity index (χ1v) is 10.2. The standard InChI is InChI=1S/C16H23F3N4O3S.CH4/c1-10(15(2,3)4)21-14-20-9-11(12(22-14)16(17,18)19)13(24)23-5-7-27(25,26)8-6-23;/h9-10H,5-8H2,1-4H3,(H,20,21,22);1H4/t10-;/m1./s1. The van der Waals surface area contributed by atoms with Gasteiger partial charge in [-0.1, -0.05) is 28.2 Å². The number of alkyl halides is 3. The van der Waals surface area contributed by atoms with Crippen LogP contribution in [0, 0.1) is 5.41 Å². The van der Waals surface area contributed by atoms with Crippen LogP contribution in [0.3, 0.4) is 0 Å². The Hall–Kier alpha value is -1.91. The number of rotatable bonds is 3. The fraction of sp³-hybridized carbons (Fsp3) is 0.706. The Kier molecular flexibility index (Phi) is 7.08. The Balaban J connectivity index is 0.00000392. The molecule has 1 atom stereocenters. The van der Waals surface area contributed by atoms with Crippen molar-refractivity contribution in [1.29, 1.82) is 0 Å². The first-order chi connectivity index (χ1) is 12.2. The van der Waals surface area contributed by atoms with Crippen LogP contribution >= 0.6 is 0 Å². The number of carbonyl (C=O) groups is 1. The van der Waals surface area contributed by atoms with Gasteiger partial charge in [-0.25, -0.2) is 18.4 Å². The number of halogens is 3. The molecule has 1 aliphatic heterocycles. The molecule has 0 spiro atoms. The van der Waals surface area contributed by atoms with Gasteiger partial charge in [-0.3, -0.25) is 4.79 Å². The predicted molar refractivity (Wildman–Crippen MR) is 101 cm³/mol. The minimum Gasteiger partial charge on any atom is -0.351 e. The van der Waals surface area contributed by atoms with E-state index in [9.17, 15) is 26.4 Å². The van der Waals surface area contributed by atoms with Gasteiger partial charge < -0.3 is 10.2 Å². The number of hydrogen-bond acceptors (Lipinski definition) is 6. The summed E-state index contributed by atoms with van der Waals surface area (Å²) in [6, 6.07) is -0.215. The number of anilines is 1. The van der Waals surface area contributed by atoms with Gasteiger partial charge in [0.05, 0.1) is 17.1 Å². The molecule has 1 fully saturated rings. The second-order valence-corrected chi connectivity index (χ2v) is 9.93. The molecule has 160 valence electrons. The predicted octanol–water partition coefficient (Wildman–Crippen LogP) is 2.85. The van der Waals surface area contributed by atoms with E-state index in [1.807, 2.05) is 20.8 Å². The zero-order valence-electron chi connectivity index (χ0n) is 15.6. The number of amides is 1. The summed E-state index contributed by atoms with van der Waals surface area (Å²) in [5.41, 5.74) is -2.26. The minimum absolute atomic E-state index is 0. The van der Waals surface area contributed by atoms with Crippen molar-refractivity contribution in [2.75, 3.05) is 29.9 Å². The summed E-state index contributed by atoms with van der Waals surface area (Å²) >= 11 is 0. The third kappa shape index (κ3) is 5.79. The molecule has 2 heterocycles. The van der Waals surface area contributed by atoms with E-state index < -0.39 is 33.2 Å². The van der Waals surface area contributed by atoms with Gasteiger partial charge >= 0.3 is 6.18 Å². The molecule has 0 aromatic carbocycles.